The molecule has 0 unspecified atom stereocenters. The number of carbonyl (C=O) groups is 2. The quantitative estimate of drug-likeness (QED) is 0.610. The van der Waals surface area contributed by atoms with Gasteiger partial charge in [-0.05, 0) is 46.0 Å². The first-order valence-electron chi connectivity index (χ1n) is 6.47. The summed E-state index contributed by atoms with van der Waals surface area (Å²) in [5, 5.41) is 2.60. The van der Waals surface area contributed by atoms with Crippen LogP contribution in [0.5, 0.6) is 0 Å². The lowest BCUT2D eigenvalue weighted by molar-refractivity contribution is -0.163. The Morgan fingerprint density at radius 1 is 1.28 bits per heavy atom. The summed E-state index contributed by atoms with van der Waals surface area (Å²) in [6.07, 6.45) is 2.95. The van der Waals surface area contributed by atoms with Crippen molar-refractivity contribution >= 4 is 11.9 Å². The molecule has 5 nitrogen and oxygen atoms in total. The van der Waals surface area contributed by atoms with Gasteiger partial charge in [0, 0.05) is 19.8 Å². The third-order valence-electron chi connectivity index (χ3n) is 2.76. The van der Waals surface area contributed by atoms with Gasteiger partial charge in [-0.25, -0.2) is 4.79 Å². The molecule has 1 aliphatic rings. The molecule has 0 atom stereocenters. The number of nitrogens with one attached hydrogen (secondary N) is 1. The molecule has 0 spiro atoms. The van der Waals surface area contributed by atoms with Crippen molar-refractivity contribution in [3.63, 3.8) is 0 Å². The van der Waals surface area contributed by atoms with Crippen LogP contribution in [0.15, 0.2) is 0 Å². The van der Waals surface area contributed by atoms with Crippen molar-refractivity contribution < 1.29 is 19.1 Å². The van der Waals surface area contributed by atoms with E-state index in [9.17, 15) is 9.59 Å². The smallest absolute Gasteiger partial charge is 0.397 e. The molecule has 104 valence electrons. The summed E-state index contributed by atoms with van der Waals surface area (Å²) < 4.78 is 10.2. The van der Waals surface area contributed by atoms with Crippen LogP contribution in [0.1, 0.15) is 40.0 Å². The highest BCUT2D eigenvalue weighted by Crippen LogP contribution is 2.17. The van der Waals surface area contributed by atoms with Gasteiger partial charge >= 0.3 is 11.9 Å². The molecule has 0 bridgehead atoms. The summed E-state index contributed by atoms with van der Waals surface area (Å²) in [7, 11) is 0. The maximum atomic E-state index is 11.5. The van der Waals surface area contributed by atoms with Gasteiger partial charge in [-0.1, -0.05) is 0 Å². The molecule has 0 aromatic carbocycles. The van der Waals surface area contributed by atoms with E-state index in [2.05, 4.69) is 5.32 Å². The molecule has 5 heteroatoms. The molecule has 1 heterocycles. The largest absolute Gasteiger partial charge is 0.453 e. The minimum atomic E-state index is -0.811. The van der Waals surface area contributed by atoms with E-state index in [1.54, 1.807) is 20.8 Å². The first-order chi connectivity index (χ1) is 8.38. The van der Waals surface area contributed by atoms with Gasteiger partial charge in [0.2, 0.25) is 0 Å². The zero-order chi connectivity index (χ0) is 13.6. The average molecular weight is 257 g/mol. The van der Waals surface area contributed by atoms with Crippen LogP contribution in [0, 0.1) is 5.92 Å². The molecule has 0 aromatic rings. The molecule has 0 aliphatic carbocycles. The van der Waals surface area contributed by atoms with Crippen LogP contribution in [0.25, 0.3) is 0 Å². The minimum absolute atomic E-state index is 0.517. The van der Waals surface area contributed by atoms with Gasteiger partial charge in [-0.15, -0.1) is 0 Å². The maximum Gasteiger partial charge on any atom is 0.397 e. The van der Waals surface area contributed by atoms with Gasteiger partial charge in [-0.3, -0.25) is 4.79 Å². The molecular weight excluding hydrogens is 234 g/mol. The van der Waals surface area contributed by atoms with Crippen LogP contribution in [0.2, 0.25) is 0 Å². The fourth-order valence-corrected chi connectivity index (χ4v) is 1.82. The Morgan fingerprint density at radius 2 is 1.89 bits per heavy atom. The number of amides is 1. The number of rotatable bonds is 3. The molecule has 1 N–H and O–H groups in total. The summed E-state index contributed by atoms with van der Waals surface area (Å²) in [4.78, 5) is 22.8. The van der Waals surface area contributed by atoms with Crippen LogP contribution in [0.3, 0.4) is 0 Å². The summed E-state index contributed by atoms with van der Waals surface area (Å²) >= 11 is 0. The Kier molecular flexibility index (Phi) is 5.59. The normalized spacial score (nSPS) is 17.3. The molecule has 1 amide bonds. The highest BCUT2D eigenvalue weighted by Gasteiger charge is 2.22. The van der Waals surface area contributed by atoms with E-state index in [0.29, 0.717) is 12.5 Å². The molecule has 0 saturated carbocycles. The van der Waals surface area contributed by atoms with E-state index in [4.69, 9.17) is 9.47 Å². The van der Waals surface area contributed by atoms with Crippen molar-refractivity contribution in [3.05, 3.63) is 0 Å². The Balaban J connectivity index is 2.18. The number of esters is 1. The van der Waals surface area contributed by atoms with Crippen molar-refractivity contribution in [2.45, 2.75) is 45.6 Å². The average Bonchev–Trinajstić information content (AvgIpc) is 2.28. The van der Waals surface area contributed by atoms with Gasteiger partial charge in [0.1, 0.15) is 5.60 Å². The second kappa shape index (κ2) is 6.73. The highest BCUT2D eigenvalue weighted by molar-refractivity contribution is 6.32. The Morgan fingerprint density at radius 3 is 2.44 bits per heavy atom. The predicted molar refractivity (Wildman–Crippen MR) is 67.0 cm³/mol. The third-order valence-corrected chi connectivity index (χ3v) is 2.76. The zero-order valence-corrected chi connectivity index (χ0v) is 11.5. The van der Waals surface area contributed by atoms with Crippen molar-refractivity contribution in [1.29, 1.82) is 0 Å². The summed E-state index contributed by atoms with van der Waals surface area (Å²) in [5.41, 5.74) is -0.630. The van der Waals surface area contributed by atoms with Gasteiger partial charge in [-0.2, -0.15) is 0 Å². The molecule has 1 aliphatic heterocycles. The van der Waals surface area contributed by atoms with Gasteiger partial charge in [0.25, 0.3) is 0 Å². The number of carbonyl (C=O) groups excluding carboxylic acids is 2. The summed E-state index contributed by atoms with van der Waals surface area (Å²) in [6, 6.07) is 0. The van der Waals surface area contributed by atoms with E-state index < -0.39 is 17.5 Å². The lowest BCUT2D eigenvalue weighted by Gasteiger charge is -2.22. The fraction of sp³-hybridized carbons (Fsp3) is 0.846. The van der Waals surface area contributed by atoms with E-state index in [0.717, 1.165) is 32.5 Å². The SMILES string of the molecule is CC(C)(C)OC(=O)C(=O)NCCC1CCOCC1. The van der Waals surface area contributed by atoms with Crippen molar-refractivity contribution in [2.75, 3.05) is 19.8 Å². The van der Waals surface area contributed by atoms with Crippen LogP contribution in [0.4, 0.5) is 0 Å². The first kappa shape index (κ1) is 15.0. The molecule has 0 radical (unpaired) electrons. The lowest BCUT2D eigenvalue weighted by Crippen LogP contribution is -2.38. The first-order valence-corrected chi connectivity index (χ1v) is 6.47. The summed E-state index contributed by atoms with van der Waals surface area (Å²) in [5.74, 6) is -0.885. The van der Waals surface area contributed by atoms with Crippen LogP contribution in [-0.2, 0) is 19.1 Å². The predicted octanol–water partition coefficient (Wildman–Crippen LogP) is 1.26. The molecule has 1 fully saturated rings. The van der Waals surface area contributed by atoms with E-state index in [-0.39, 0.29) is 0 Å². The van der Waals surface area contributed by atoms with Crippen molar-refractivity contribution in [2.24, 2.45) is 5.92 Å². The van der Waals surface area contributed by atoms with E-state index in [1.807, 2.05) is 0 Å². The number of hydrogen-bond acceptors (Lipinski definition) is 4. The second-order valence-electron chi connectivity index (χ2n) is 5.60. The number of hydrogen-bond donors (Lipinski definition) is 1. The van der Waals surface area contributed by atoms with Crippen molar-refractivity contribution in [3.8, 4) is 0 Å². The summed E-state index contributed by atoms with van der Waals surface area (Å²) in [6.45, 7) is 7.32. The van der Waals surface area contributed by atoms with Gasteiger partial charge < -0.3 is 14.8 Å². The Hall–Kier alpha value is -1.10. The van der Waals surface area contributed by atoms with Crippen LogP contribution < -0.4 is 5.32 Å². The van der Waals surface area contributed by atoms with E-state index >= 15 is 0 Å². The van der Waals surface area contributed by atoms with Gasteiger partial charge in [0.15, 0.2) is 0 Å². The molecular formula is C13H23NO4. The highest BCUT2D eigenvalue weighted by atomic mass is 16.6. The molecule has 18 heavy (non-hydrogen) atoms. The fourth-order valence-electron chi connectivity index (χ4n) is 1.82. The maximum absolute atomic E-state index is 11.5. The van der Waals surface area contributed by atoms with Crippen LogP contribution >= 0.6 is 0 Å². The molecule has 1 rings (SSSR count). The van der Waals surface area contributed by atoms with E-state index in [1.165, 1.54) is 0 Å². The molecule has 1 saturated heterocycles. The zero-order valence-electron chi connectivity index (χ0n) is 11.5. The third kappa shape index (κ3) is 6.00. The number of ether oxygens (including phenoxy) is 2. The Bertz CT molecular complexity index is 290. The minimum Gasteiger partial charge on any atom is -0.453 e. The monoisotopic (exact) mass is 257 g/mol. The standard InChI is InChI=1S/C13H23NO4/c1-13(2,3)18-12(16)11(15)14-7-4-10-5-8-17-9-6-10/h10H,4-9H2,1-3H3,(H,14,15). The van der Waals surface area contributed by atoms with Crippen molar-refractivity contribution in [1.82, 2.24) is 5.32 Å². The van der Waals surface area contributed by atoms with Gasteiger partial charge in [0.05, 0.1) is 0 Å². The topological polar surface area (TPSA) is 64.6 Å². The second-order valence-corrected chi connectivity index (χ2v) is 5.60. The Labute approximate surface area is 108 Å². The molecule has 0 aromatic heterocycles. The lowest BCUT2D eigenvalue weighted by atomic mass is 9.97. The van der Waals surface area contributed by atoms with Crippen LogP contribution in [-0.4, -0.2) is 37.2 Å².